The second-order valence-corrected chi connectivity index (χ2v) is 17.3. The molecule has 2 aliphatic carbocycles. The molecule has 5 aliphatic rings. The number of nitrogens with zero attached hydrogens (tertiary/aromatic N) is 1. The molecule has 61 heavy (non-hydrogen) atoms. The van der Waals surface area contributed by atoms with E-state index in [1.165, 1.54) is 13.8 Å². The number of nitrogens with one attached hydrogen (secondary N) is 3. The first-order valence-electron chi connectivity index (χ1n) is 22.0. The predicted molar refractivity (Wildman–Crippen MR) is 212 cm³/mol. The molecule has 8 unspecified atom stereocenters. The van der Waals surface area contributed by atoms with Gasteiger partial charge >= 0.3 is 5.97 Å². The summed E-state index contributed by atoms with van der Waals surface area (Å²) in [6.45, 7) is 5.20. The summed E-state index contributed by atoms with van der Waals surface area (Å²) < 4.78 is 31.7. The molecule has 5 fully saturated rings. The van der Waals surface area contributed by atoms with Crippen molar-refractivity contribution in [2.75, 3.05) is 32.8 Å². The zero-order valence-corrected chi connectivity index (χ0v) is 35.5. The Morgan fingerprint density at radius 2 is 1.52 bits per heavy atom. The minimum atomic E-state index is -1.66. The Hall–Kier alpha value is -3.05. The highest BCUT2D eigenvalue weighted by atomic mass is 16.7. The van der Waals surface area contributed by atoms with Crippen LogP contribution in [0.5, 0.6) is 0 Å². The molecule has 5 rings (SSSR count). The quantitative estimate of drug-likeness (QED) is 0.0679. The first kappa shape index (κ1) is 49.0. The van der Waals surface area contributed by atoms with Gasteiger partial charge in [0.15, 0.2) is 12.6 Å². The van der Waals surface area contributed by atoms with Gasteiger partial charge in [0.1, 0.15) is 48.8 Å². The van der Waals surface area contributed by atoms with Crippen molar-refractivity contribution >= 4 is 29.6 Å². The van der Waals surface area contributed by atoms with E-state index in [0.29, 0.717) is 25.9 Å². The zero-order chi connectivity index (χ0) is 44.4. The molecule has 0 radical (unpaired) electrons. The zero-order valence-electron chi connectivity index (χ0n) is 35.5. The first-order chi connectivity index (χ1) is 29.1. The highest BCUT2D eigenvalue weighted by Crippen LogP contribution is 2.40. The summed E-state index contributed by atoms with van der Waals surface area (Å²) in [5.41, 5.74) is 0. The van der Waals surface area contributed by atoms with Crippen molar-refractivity contribution in [3.8, 4) is 0 Å². The monoisotopic (exact) mass is 872 g/mol. The van der Waals surface area contributed by atoms with E-state index in [1.807, 2.05) is 6.92 Å². The van der Waals surface area contributed by atoms with Crippen molar-refractivity contribution in [1.29, 1.82) is 0 Å². The van der Waals surface area contributed by atoms with E-state index in [-0.39, 0.29) is 56.5 Å². The minimum absolute atomic E-state index is 0.0101. The minimum Gasteiger partial charge on any atom is -0.481 e. The number of ether oxygens (including phenoxy) is 5. The van der Waals surface area contributed by atoms with Crippen LogP contribution in [0.3, 0.4) is 0 Å². The van der Waals surface area contributed by atoms with Crippen molar-refractivity contribution in [1.82, 2.24) is 20.9 Å². The Kier molecular flexibility index (Phi) is 18.5. The third kappa shape index (κ3) is 13.0. The second kappa shape index (κ2) is 23.0. The summed E-state index contributed by atoms with van der Waals surface area (Å²) in [4.78, 5) is 65.1. The number of aliphatic hydroxyl groups is 5. The van der Waals surface area contributed by atoms with Crippen molar-refractivity contribution < 1.29 is 78.3 Å². The van der Waals surface area contributed by atoms with E-state index in [9.17, 15) is 49.5 Å². The molecule has 20 nitrogen and oxygen atoms in total. The van der Waals surface area contributed by atoms with Gasteiger partial charge in [-0.2, -0.15) is 0 Å². The summed E-state index contributed by atoms with van der Waals surface area (Å²) in [5, 5.41) is 71.2. The number of likely N-dealkylation sites (tertiary alicyclic amines) is 1. The van der Waals surface area contributed by atoms with E-state index in [0.717, 1.165) is 38.5 Å². The molecule has 2 saturated carbocycles. The van der Waals surface area contributed by atoms with E-state index >= 15 is 0 Å². The first-order valence-corrected chi connectivity index (χ1v) is 22.0. The molecule has 348 valence electrons. The fourth-order valence-corrected chi connectivity index (χ4v) is 9.16. The van der Waals surface area contributed by atoms with E-state index in [2.05, 4.69) is 16.0 Å². The molecule has 3 heterocycles. The van der Waals surface area contributed by atoms with Crippen molar-refractivity contribution in [2.45, 2.75) is 177 Å². The van der Waals surface area contributed by atoms with Crippen molar-refractivity contribution in [3.63, 3.8) is 0 Å². The molecule has 15 atom stereocenters. The number of carboxylic acids is 1. The SMILES string of the molecule is CCC1CC(C(=O)NCCNC(=O)CCC(=O)O)C[C@@H](O[C@@H]2OC(CO)[C@H](O)C(O[C@@H](CC3CCCCC3)C(=O)N3CCC3)C2NC(C)=O)C1O[C@@H]1OC(C)[C@@H](O)C(O)[C@@H]1O. The molecular formula is C41H68N4O16. The van der Waals surface area contributed by atoms with E-state index in [4.69, 9.17) is 28.8 Å². The number of rotatable bonds is 19. The predicted octanol–water partition coefficient (Wildman–Crippen LogP) is -1.34. The molecule has 20 heteroatoms. The van der Waals surface area contributed by atoms with Crippen LogP contribution in [0.25, 0.3) is 0 Å². The summed E-state index contributed by atoms with van der Waals surface area (Å²) in [6, 6.07) is -1.23. The standard InChI is InChI=1S/C41H68N4O16/c1-4-24-18-25(38(55)43-14-13-42-29(48)11-12-30(49)50)19-26(36(24)61-41-35(54)34(53)32(51)21(2)57-41)59-40-31(44-22(3)47)37(33(52)28(20-46)60-40)58-27(39(56)45-15-8-16-45)17-23-9-6-5-7-10-23/h21,23-28,31-37,40-41,46,51-54H,4-20H2,1-3H3,(H,42,48)(H,43,55)(H,44,47)(H,49,50)/t21?,24?,25?,26-,27+,28?,31?,32-,33+,34?,35+,36?,37?,40-,41+/m1/s1. The van der Waals surface area contributed by atoms with Crippen LogP contribution in [-0.2, 0) is 47.7 Å². The van der Waals surface area contributed by atoms with Gasteiger partial charge in [-0.15, -0.1) is 0 Å². The van der Waals surface area contributed by atoms with Crippen LogP contribution in [0.4, 0.5) is 0 Å². The highest BCUT2D eigenvalue weighted by molar-refractivity contribution is 5.82. The van der Waals surface area contributed by atoms with Gasteiger partial charge < -0.3 is 75.2 Å². The van der Waals surface area contributed by atoms with Gasteiger partial charge in [0, 0.05) is 45.4 Å². The molecule has 4 amide bonds. The topological polar surface area (TPSA) is 292 Å². The lowest BCUT2D eigenvalue weighted by molar-refractivity contribution is -0.338. The highest BCUT2D eigenvalue weighted by Gasteiger charge is 2.53. The van der Waals surface area contributed by atoms with Crippen molar-refractivity contribution in [3.05, 3.63) is 0 Å². The number of hydrogen-bond acceptors (Lipinski definition) is 15. The Balaban J connectivity index is 1.41. The number of carbonyl (C=O) groups is 5. The maximum absolute atomic E-state index is 13.9. The maximum atomic E-state index is 13.9. The third-order valence-corrected chi connectivity index (χ3v) is 12.8. The van der Waals surface area contributed by atoms with Gasteiger partial charge in [-0.3, -0.25) is 24.0 Å². The van der Waals surface area contributed by atoms with Gasteiger partial charge in [-0.25, -0.2) is 0 Å². The Labute approximate surface area is 356 Å². The van der Waals surface area contributed by atoms with Crippen LogP contribution in [-0.4, -0.2) is 178 Å². The average Bonchev–Trinajstić information content (AvgIpc) is 3.21. The Bertz CT molecular complexity index is 1470. The number of aliphatic hydroxyl groups excluding tert-OH is 5. The van der Waals surface area contributed by atoms with Crippen LogP contribution in [0.1, 0.15) is 97.8 Å². The normalized spacial score (nSPS) is 36.3. The third-order valence-electron chi connectivity index (χ3n) is 12.8. The second-order valence-electron chi connectivity index (χ2n) is 17.3. The fraction of sp³-hybridized carbons (Fsp3) is 0.878. The van der Waals surface area contributed by atoms with Crippen LogP contribution >= 0.6 is 0 Å². The average molecular weight is 873 g/mol. The van der Waals surface area contributed by atoms with Gasteiger partial charge in [-0.1, -0.05) is 45.4 Å². The summed E-state index contributed by atoms with van der Waals surface area (Å²) in [7, 11) is 0. The molecule has 0 aromatic carbocycles. The Morgan fingerprint density at radius 1 is 0.820 bits per heavy atom. The number of hydrogen-bond donors (Lipinski definition) is 9. The fourth-order valence-electron chi connectivity index (χ4n) is 9.16. The summed E-state index contributed by atoms with van der Waals surface area (Å²) in [6.07, 6.45) is -9.07. The lowest BCUT2D eigenvalue weighted by atomic mass is 9.75. The summed E-state index contributed by atoms with van der Waals surface area (Å²) >= 11 is 0. The molecule has 0 spiro atoms. The van der Waals surface area contributed by atoms with E-state index in [1.54, 1.807) is 4.90 Å². The van der Waals surface area contributed by atoms with E-state index < -0.39 is 116 Å². The van der Waals surface area contributed by atoms with Gasteiger partial charge in [0.05, 0.1) is 31.3 Å². The Morgan fingerprint density at radius 3 is 2.15 bits per heavy atom. The maximum Gasteiger partial charge on any atom is 0.303 e. The number of carbonyl (C=O) groups excluding carboxylic acids is 4. The number of amides is 4. The van der Waals surface area contributed by atoms with Crippen LogP contribution < -0.4 is 16.0 Å². The number of aliphatic carboxylic acids is 1. The van der Waals surface area contributed by atoms with Gasteiger partial charge in [0.2, 0.25) is 17.7 Å². The van der Waals surface area contributed by atoms with Crippen molar-refractivity contribution in [2.24, 2.45) is 17.8 Å². The molecule has 3 saturated heterocycles. The summed E-state index contributed by atoms with van der Waals surface area (Å²) in [5.74, 6) is -3.65. The molecule has 0 aromatic rings. The number of carboxylic acid groups (broad SMARTS) is 1. The van der Waals surface area contributed by atoms with Gasteiger partial charge in [-0.05, 0) is 44.4 Å². The molecule has 0 bridgehead atoms. The molecule has 9 N–H and O–H groups in total. The molecule has 3 aliphatic heterocycles. The molecule has 0 aromatic heterocycles. The van der Waals surface area contributed by atoms with Crippen LogP contribution in [0, 0.1) is 17.8 Å². The lowest BCUT2D eigenvalue weighted by Crippen LogP contribution is -2.67. The van der Waals surface area contributed by atoms with Gasteiger partial charge in [0.25, 0.3) is 5.91 Å². The largest absolute Gasteiger partial charge is 0.481 e. The lowest BCUT2D eigenvalue weighted by Gasteiger charge is -2.49. The molecular weight excluding hydrogens is 804 g/mol. The smallest absolute Gasteiger partial charge is 0.303 e. The van der Waals surface area contributed by atoms with Crippen LogP contribution in [0.2, 0.25) is 0 Å². The van der Waals surface area contributed by atoms with Crippen LogP contribution in [0.15, 0.2) is 0 Å².